The highest BCUT2D eigenvalue weighted by Crippen LogP contribution is 2.74. The van der Waals surface area contributed by atoms with E-state index in [1.807, 2.05) is 0 Å². The standard InChI is InChI=1S/C44H49BO2/c1-31-6-12-36(13-7-31)43-28-44(29-43,30-43)37-16-10-33(11-17-37)32-8-14-34(15-9-32)41-22-25-42(26-23-41,27-24-41)35-18-20-38(21-19-35)45-46-39(2,3)40(4,5)47-45/h6-21H,22-30H2,1-5H3. The molecule has 1 heterocycles. The van der Waals surface area contributed by atoms with E-state index in [4.69, 9.17) is 9.31 Å². The van der Waals surface area contributed by atoms with E-state index in [0.29, 0.717) is 21.7 Å². The molecule has 0 atom stereocenters. The maximum Gasteiger partial charge on any atom is 0.494 e. The van der Waals surface area contributed by atoms with Gasteiger partial charge < -0.3 is 9.31 Å². The Morgan fingerprint density at radius 2 is 0.745 bits per heavy atom. The van der Waals surface area contributed by atoms with Crippen LogP contribution in [0.15, 0.2) is 97.1 Å². The molecule has 0 aromatic heterocycles. The van der Waals surface area contributed by atoms with Gasteiger partial charge in [0.25, 0.3) is 0 Å². The van der Waals surface area contributed by atoms with Crippen LogP contribution in [0.25, 0.3) is 11.1 Å². The lowest BCUT2D eigenvalue weighted by atomic mass is 9.32. The third kappa shape index (κ3) is 4.45. The van der Waals surface area contributed by atoms with Crippen LogP contribution in [0.2, 0.25) is 0 Å². The largest absolute Gasteiger partial charge is 0.494 e. The molecule has 4 aromatic rings. The second-order valence-electron chi connectivity index (χ2n) is 17.4. The summed E-state index contributed by atoms with van der Waals surface area (Å²) in [6, 6.07) is 37.8. The minimum atomic E-state index is -0.309. The Bertz CT molecular complexity index is 1750. The van der Waals surface area contributed by atoms with Crippen molar-refractivity contribution in [3.63, 3.8) is 0 Å². The van der Waals surface area contributed by atoms with Crippen LogP contribution < -0.4 is 5.46 Å². The number of hydrogen-bond acceptors (Lipinski definition) is 2. The molecule has 4 bridgehead atoms. The van der Waals surface area contributed by atoms with Crippen molar-refractivity contribution in [3.8, 4) is 11.1 Å². The van der Waals surface area contributed by atoms with Crippen molar-refractivity contribution >= 4 is 12.6 Å². The summed E-state index contributed by atoms with van der Waals surface area (Å²) in [5.41, 5.74) is 12.2. The molecule has 2 nitrogen and oxygen atoms in total. The quantitative estimate of drug-likeness (QED) is 0.200. The molecule has 0 spiro atoms. The molecule has 1 aliphatic heterocycles. The van der Waals surface area contributed by atoms with Crippen LogP contribution in [-0.4, -0.2) is 18.3 Å². The lowest BCUT2D eigenvalue weighted by Crippen LogP contribution is -2.67. The van der Waals surface area contributed by atoms with Crippen molar-refractivity contribution in [3.05, 3.63) is 125 Å². The highest BCUT2D eigenvalue weighted by atomic mass is 16.7. The van der Waals surface area contributed by atoms with Crippen LogP contribution in [0.1, 0.15) is 113 Å². The molecule has 0 radical (unpaired) electrons. The van der Waals surface area contributed by atoms with Crippen LogP contribution >= 0.6 is 0 Å². The third-order valence-electron chi connectivity index (χ3n) is 14.3. The molecule has 0 N–H and O–H groups in total. The fourth-order valence-electron chi connectivity index (χ4n) is 10.4. The molecule has 47 heavy (non-hydrogen) atoms. The molecule has 3 heteroatoms. The highest BCUT2D eigenvalue weighted by molar-refractivity contribution is 6.62. The van der Waals surface area contributed by atoms with Crippen molar-refractivity contribution in [1.29, 1.82) is 0 Å². The Balaban J connectivity index is 0.844. The Morgan fingerprint density at radius 1 is 0.426 bits per heavy atom. The van der Waals surface area contributed by atoms with Crippen LogP contribution in [0.3, 0.4) is 0 Å². The lowest BCUT2D eigenvalue weighted by Gasteiger charge is -2.71. The molecule has 1 saturated heterocycles. The van der Waals surface area contributed by atoms with E-state index in [-0.39, 0.29) is 18.3 Å². The molecule has 6 saturated carbocycles. The van der Waals surface area contributed by atoms with Crippen LogP contribution in [0.5, 0.6) is 0 Å². The Hall–Kier alpha value is -3.14. The fraction of sp³-hybridized carbons (Fsp3) is 0.455. The van der Waals surface area contributed by atoms with Crippen LogP contribution in [-0.2, 0) is 31.0 Å². The summed E-state index contributed by atoms with van der Waals surface area (Å²) >= 11 is 0. The molecule has 0 amide bonds. The molecule has 0 unspecified atom stereocenters. The monoisotopic (exact) mass is 620 g/mol. The normalized spacial score (nSPS) is 32.9. The Morgan fingerprint density at radius 3 is 1.13 bits per heavy atom. The summed E-state index contributed by atoms with van der Waals surface area (Å²) in [5.74, 6) is 0. The fourth-order valence-corrected chi connectivity index (χ4v) is 10.4. The van der Waals surface area contributed by atoms with Gasteiger partial charge in [0.05, 0.1) is 11.2 Å². The molecule has 7 aliphatic rings. The predicted octanol–water partition coefficient (Wildman–Crippen LogP) is 9.88. The SMILES string of the molecule is Cc1ccc(C23CC(c4ccc(-c5ccc(C67CCC(c8ccc(B9OC(C)(C)C(C)(C)O9)cc8)(CC6)CC7)cc5)cc4)(C2)C3)cc1. The molecule has 240 valence electrons. The van der Waals surface area contributed by atoms with Gasteiger partial charge in [0.1, 0.15) is 0 Å². The first-order valence-electron chi connectivity index (χ1n) is 18.2. The van der Waals surface area contributed by atoms with E-state index in [9.17, 15) is 0 Å². The van der Waals surface area contributed by atoms with Gasteiger partial charge in [-0.05, 0) is 153 Å². The van der Waals surface area contributed by atoms with Gasteiger partial charge in [-0.2, -0.15) is 0 Å². The summed E-state index contributed by atoms with van der Waals surface area (Å²) in [7, 11) is -0.289. The summed E-state index contributed by atoms with van der Waals surface area (Å²) in [6.07, 6.45) is 11.6. The number of aryl methyl sites for hydroxylation is 1. The number of fused-ring (bicyclic) bond motifs is 3. The third-order valence-corrected chi connectivity index (χ3v) is 14.3. The van der Waals surface area contributed by atoms with Gasteiger partial charge in [0, 0.05) is 0 Å². The van der Waals surface area contributed by atoms with E-state index in [1.54, 1.807) is 16.7 Å². The van der Waals surface area contributed by atoms with Crippen LogP contribution in [0.4, 0.5) is 0 Å². The molecule has 11 rings (SSSR count). The minimum absolute atomic E-state index is 0.289. The second-order valence-corrected chi connectivity index (χ2v) is 17.4. The number of benzene rings is 4. The summed E-state index contributed by atoms with van der Waals surface area (Å²) < 4.78 is 12.6. The van der Waals surface area contributed by atoms with Gasteiger partial charge in [-0.1, -0.05) is 103 Å². The molecule has 4 aromatic carbocycles. The van der Waals surface area contributed by atoms with Crippen molar-refractivity contribution < 1.29 is 9.31 Å². The summed E-state index contributed by atoms with van der Waals surface area (Å²) in [5, 5.41) is 0. The van der Waals surface area contributed by atoms with Gasteiger partial charge >= 0.3 is 7.12 Å². The summed E-state index contributed by atoms with van der Waals surface area (Å²) in [4.78, 5) is 0. The average Bonchev–Trinajstić information content (AvgIpc) is 3.28. The van der Waals surface area contributed by atoms with Crippen molar-refractivity contribution in [2.24, 2.45) is 0 Å². The van der Waals surface area contributed by atoms with E-state index >= 15 is 0 Å². The second kappa shape index (κ2) is 9.96. The average molecular weight is 621 g/mol. The van der Waals surface area contributed by atoms with E-state index < -0.39 is 0 Å². The Labute approximate surface area is 282 Å². The van der Waals surface area contributed by atoms with Crippen molar-refractivity contribution in [2.75, 3.05) is 0 Å². The molecule has 7 fully saturated rings. The first-order chi connectivity index (χ1) is 22.4. The highest BCUT2D eigenvalue weighted by Gasteiger charge is 2.68. The molecular weight excluding hydrogens is 571 g/mol. The van der Waals surface area contributed by atoms with E-state index in [1.165, 1.54) is 80.0 Å². The van der Waals surface area contributed by atoms with E-state index in [2.05, 4.69) is 132 Å². The van der Waals surface area contributed by atoms with Crippen molar-refractivity contribution in [1.82, 2.24) is 0 Å². The molecular formula is C44H49BO2. The van der Waals surface area contributed by atoms with Gasteiger partial charge in [-0.25, -0.2) is 0 Å². The summed E-state index contributed by atoms with van der Waals surface area (Å²) in [6.45, 7) is 10.7. The van der Waals surface area contributed by atoms with Crippen LogP contribution in [0, 0.1) is 6.92 Å². The number of hydrogen-bond donors (Lipinski definition) is 0. The van der Waals surface area contributed by atoms with Crippen molar-refractivity contribution in [2.45, 2.75) is 125 Å². The molecule has 6 aliphatic carbocycles. The van der Waals surface area contributed by atoms with E-state index in [0.717, 1.165) is 5.46 Å². The zero-order valence-electron chi connectivity index (χ0n) is 29.0. The maximum absolute atomic E-state index is 6.32. The Kier molecular flexibility index (Phi) is 6.35. The first kappa shape index (κ1) is 30.0. The van der Waals surface area contributed by atoms with Gasteiger partial charge in [0.15, 0.2) is 0 Å². The predicted molar refractivity (Wildman–Crippen MR) is 193 cm³/mol. The smallest absolute Gasteiger partial charge is 0.399 e. The van der Waals surface area contributed by atoms with Gasteiger partial charge in [0.2, 0.25) is 0 Å². The topological polar surface area (TPSA) is 18.5 Å². The van der Waals surface area contributed by atoms with Gasteiger partial charge in [-0.3, -0.25) is 0 Å². The zero-order valence-corrected chi connectivity index (χ0v) is 29.0. The number of rotatable bonds is 6. The lowest BCUT2D eigenvalue weighted by molar-refractivity contribution is -0.0693. The first-order valence-corrected chi connectivity index (χ1v) is 18.2. The zero-order chi connectivity index (χ0) is 32.3. The van der Waals surface area contributed by atoms with Gasteiger partial charge in [-0.15, -0.1) is 0 Å². The maximum atomic E-state index is 6.32. The minimum Gasteiger partial charge on any atom is -0.399 e.